The molecule has 33 heteroatoms. The molecule has 3 atom stereocenters. The number of hydrogen-bond donors (Lipinski definition) is 10. The Morgan fingerprint density at radius 3 is 1.13 bits per heavy atom. The van der Waals surface area contributed by atoms with E-state index in [1.54, 1.807) is 18.2 Å². The van der Waals surface area contributed by atoms with E-state index in [-0.39, 0.29) is 82.6 Å². The second-order valence-corrected chi connectivity index (χ2v) is 36.5. The molecule has 12 N–H and O–H groups in total. The van der Waals surface area contributed by atoms with Crippen LogP contribution in [0.1, 0.15) is 177 Å². The van der Waals surface area contributed by atoms with Gasteiger partial charge in [-0.15, -0.1) is 0 Å². The number of rotatable bonds is 18. The quantitative estimate of drug-likeness (QED) is 0.0382. The summed E-state index contributed by atoms with van der Waals surface area (Å²) in [4.78, 5) is 63.6. The molecule has 6 aromatic rings. The normalized spacial score (nSPS) is 18.4. The summed E-state index contributed by atoms with van der Waals surface area (Å²) in [6.07, 6.45) is 15.4. The number of carbonyl (C=O) groups is 2. The minimum absolute atomic E-state index is 0. The van der Waals surface area contributed by atoms with Gasteiger partial charge in [0.25, 0.3) is 0 Å². The summed E-state index contributed by atoms with van der Waals surface area (Å²) in [5.41, 5.74) is 13.2. The molecule has 3 aliphatic heterocycles. The number of ether oxygens (including phenoxy) is 2. The Morgan fingerprint density at radius 2 is 0.814 bits per heavy atom. The molecule has 3 spiro atoms. The highest BCUT2D eigenvalue weighted by atomic mass is 79.9. The number of benzene rings is 3. The van der Waals surface area contributed by atoms with Crippen LogP contribution in [0.2, 0.25) is 30.1 Å². The Balaban J connectivity index is 0.000000290. The summed E-state index contributed by atoms with van der Waals surface area (Å²) in [6, 6.07) is 17.2. The van der Waals surface area contributed by atoms with Crippen LogP contribution in [0.15, 0.2) is 89.0 Å². The van der Waals surface area contributed by atoms with E-state index >= 15 is 0 Å². The number of nitrogens with zero attached hydrogens (tertiary/aromatic N) is 9. The third-order valence-electron chi connectivity index (χ3n) is 20.6. The molecule has 0 bridgehead atoms. The first-order valence-electron chi connectivity index (χ1n) is 37.5. The van der Waals surface area contributed by atoms with Crippen LogP contribution in [0.4, 0.5) is 38.7 Å². The average molecular weight is 1810 g/mol. The van der Waals surface area contributed by atoms with Gasteiger partial charge in [0.2, 0.25) is 0 Å². The molecule has 0 unspecified atom stereocenters. The smallest absolute Gasteiger partial charge is 0.407 e. The van der Waals surface area contributed by atoms with E-state index in [9.17, 15) is 19.8 Å². The number of aromatic nitrogens is 6. The van der Waals surface area contributed by atoms with E-state index in [4.69, 9.17) is 131 Å². The lowest BCUT2D eigenvalue weighted by Gasteiger charge is -2.44. The molecule has 12 rings (SSSR count). The summed E-state index contributed by atoms with van der Waals surface area (Å²) < 4.78 is 11.8. The molecule has 3 saturated heterocycles. The van der Waals surface area contributed by atoms with E-state index in [1.807, 2.05) is 98.7 Å². The molecule has 2 amide bonds. The Kier molecular flexibility index (Phi) is 40.0. The zero-order valence-corrected chi connectivity index (χ0v) is 73.1. The number of aliphatic hydroxyl groups is 4. The maximum Gasteiger partial charge on any atom is 0.407 e. The summed E-state index contributed by atoms with van der Waals surface area (Å²) in [5.74, 6) is 3.80. The van der Waals surface area contributed by atoms with Gasteiger partial charge in [-0.3, -0.25) is 0 Å². The largest absolute Gasteiger partial charge is 0.444 e. The van der Waals surface area contributed by atoms with Gasteiger partial charge in [-0.1, -0.05) is 165 Å². The van der Waals surface area contributed by atoms with Gasteiger partial charge in [-0.25, -0.2) is 39.5 Å². The van der Waals surface area contributed by atoms with Gasteiger partial charge in [-0.05, 0) is 208 Å². The first kappa shape index (κ1) is 99.0. The number of nitrogens with two attached hydrogens (primary N) is 2. The van der Waals surface area contributed by atoms with Crippen molar-refractivity contribution in [1.82, 2.24) is 40.5 Å². The molecule has 630 valence electrons. The molecule has 113 heavy (non-hydrogen) atoms. The highest BCUT2D eigenvalue weighted by molar-refractivity contribution is 9.10. The summed E-state index contributed by atoms with van der Waals surface area (Å²) in [5, 5.41) is 51.7. The molecule has 3 saturated carbocycles. The number of piperidine rings is 3. The van der Waals surface area contributed by atoms with Crippen molar-refractivity contribution in [2.75, 3.05) is 111 Å². The Bertz CT molecular complexity index is 4040. The minimum atomic E-state index is -0.518. The molecule has 0 radical (unpaired) electrons. The lowest BCUT2D eigenvalue weighted by molar-refractivity contribution is 0.0432. The van der Waals surface area contributed by atoms with Crippen LogP contribution in [0, 0.1) is 37.0 Å². The van der Waals surface area contributed by atoms with Crippen molar-refractivity contribution >= 4 is 162 Å². The van der Waals surface area contributed by atoms with Crippen LogP contribution in [0.3, 0.4) is 0 Å². The van der Waals surface area contributed by atoms with Gasteiger partial charge in [0.1, 0.15) is 30.9 Å². The number of nitrogens with one attached hydrogen (secondary N) is 4. The van der Waals surface area contributed by atoms with Crippen LogP contribution in [-0.2, 0) is 9.47 Å². The molecule has 3 aliphatic carbocycles. The number of carbonyl (C=O) groups excluding carboxylic acids is 2. The number of aliphatic hydroxyl groups excluding tert-OH is 4. The summed E-state index contributed by atoms with van der Waals surface area (Å²) >= 11 is 45.7. The Morgan fingerprint density at radius 1 is 0.504 bits per heavy atom. The second-order valence-electron chi connectivity index (χ2n) is 30.3. The fourth-order valence-electron chi connectivity index (χ4n) is 15.1. The predicted octanol–water partition coefficient (Wildman–Crippen LogP) is 19.2. The van der Waals surface area contributed by atoms with E-state index in [1.165, 1.54) is 48.1 Å². The third-order valence-corrected chi connectivity index (χ3v) is 27.4. The Hall–Kier alpha value is -4.53. The van der Waals surface area contributed by atoms with Crippen molar-refractivity contribution < 1.29 is 39.5 Å². The molecule has 3 aromatic carbocycles. The molecule has 6 fully saturated rings. The number of aryl methyl sites for hydroxylation is 3. The minimum Gasteiger partial charge on any atom is -0.444 e. The van der Waals surface area contributed by atoms with Crippen LogP contribution in [0.5, 0.6) is 0 Å². The fraction of sp³-hybridized carbons (Fsp3) is 0.600. The first-order valence-corrected chi connectivity index (χ1v) is 43.0. The zero-order valence-electron chi connectivity index (χ0n) is 64.5. The highest BCUT2D eigenvalue weighted by Gasteiger charge is 2.49. The monoisotopic (exact) mass is 1800 g/mol. The Labute approximate surface area is 721 Å². The fourth-order valence-corrected chi connectivity index (χ4v) is 19.8. The maximum atomic E-state index is 12.5. The third kappa shape index (κ3) is 26.7. The molecule has 3 aromatic heterocycles. The molecular formula is C80H120BrCl6N15O8S3. The summed E-state index contributed by atoms with van der Waals surface area (Å²) in [6.45, 7) is 23.6. The molecule has 23 nitrogen and oxygen atoms in total. The first-order chi connectivity index (χ1) is 52.3. The van der Waals surface area contributed by atoms with Gasteiger partial charge in [0.05, 0.1) is 67.0 Å². The van der Waals surface area contributed by atoms with E-state index < -0.39 is 11.2 Å². The lowest BCUT2D eigenvalue weighted by Crippen LogP contribution is -2.51. The van der Waals surface area contributed by atoms with Gasteiger partial charge in [-0.2, -0.15) is 0 Å². The second kappa shape index (κ2) is 45.6. The predicted molar refractivity (Wildman–Crippen MR) is 473 cm³/mol. The molecule has 6 heterocycles. The van der Waals surface area contributed by atoms with E-state index in [0.717, 1.165) is 199 Å². The van der Waals surface area contributed by atoms with Gasteiger partial charge >= 0.3 is 12.2 Å². The standard InChI is InChI=1S/C27H37Cl2N5O3S.C25H31BrCl2N4O2S.C22H29Cl2N5OS.C2H7NO.CH4O.3CH4/c1-17-24(38-19-8-5-7-18(28)21(19)29)33-22(30-13-16-35)23(31-17)34-14-11-27(12-15-34)10-6-9-20(27)32-25(36)37-26(2,3)4;1-15-22(35-17-8-5-7-16(27)19(17)28)31-20(26)21(29-15)32-13-11-25(12-14-32)10-6-9-18(25)30-23(33)34-24(2,3)4;1-14-21(31-16-5-2-4-15(23)18(16)24)28-19(26-10-13-30)20(27-14)29-11-8-22(9-12-29)7-3-6-17(22)25;3-1-2-4;1-2;;;/h5,7-8,20,35H,6,9-16H2,1-4H3,(H,30,33)(H,32,36);5,7-8,18H,6,9-14H2,1-4H3,(H,30,33);2,4-5,17,30H,3,6-13,25H2,1H3,(H,26,28);4H,1-3H2;2H,1H3;3*1H4/t20-;18-;17-;;;;;/m111...../s1. The number of amides is 2. The van der Waals surface area contributed by atoms with E-state index in [0.29, 0.717) is 67.4 Å². The van der Waals surface area contributed by atoms with Crippen LogP contribution < -0.4 is 47.4 Å². The van der Waals surface area contributed by atoms with Crippen molar-refractivity contribution in [3.8, 4) is 0 Å². The van der Waals surface area contributed by atoms with Crippen LogP contribution >= 0.6 is 121 Å². The highest BCUT2D eigenvalue weighted by Crippen LogP contribution is 2.51. The molecular weight excluding hydrogens is 1690 g/mol. The van der Waals surface area contributed by atoms with Crippen molar-refractivity contribution in [3.63, 3.8) is 0 Å². The maximum absolute atomic E-state index is 12.5. The topological polar surface area (TPSA) is 321 Å². The van der Waals surface area contributed by atoms with Crippen molar-refractivity contribution in [2.45, 2.75) is 240 Å². The zero-order chi connectivity index (χ0) is 80.3. The molecule has 6 aliphatic rings. The van der Waals surface area contributed by atoms with Crippen molar-refractivity contribution in [2.24, 2.45) is 27.7 Å². The number of anilines is 5. The van der Waals surface area contributed by atoms with E-state index in [2.05, 4.69) is 51.9 Å². The number of alkyl carbamates (subject to hydrolysis) is 2. The van der Waals surface area contributed by atoms with Gasteiger partial charge in [0.15, 0.2) is 29.1 Å². The van der Waals surface area contributed by atoms with Crippen molar-refractivity contribution in [1.29, 1.82) is 0 Å². The van der Waals surface area contributed by atoms with Crippen LogP contribution in [0.25, 0.3) is 0 Å². The summed E-state index contributed by atoms with van der Waals surface area (Å²) in [7, 11) is 1.00. The van der Waals surface area contributed by atoms with Crippen molar-refractivity contribution in [3.05, 3.63) is 106 Å². The SMILES string of the molecule is C.C.C.CO.Cc1nc(N2CCC3(CCC[C@H]3N)CC2)c(NCCO)nc1Sc1cccc(Cl)c1Cl.Cc1nc(N2CCC3(CCC[C@H]3NC(=O)OC(C)(C)C)CC2)c(Br)nc1Sc1cccc(Cl)c1Cl.Cc1nc(N2CCC3(CCC[C@H]3NC(=O)OC(C)(C)C)CC2)c(NCCO)nc1Sc1cccc(Cl)c1Cl.NCCO. The average Bonchev–Trinajstić information content (AvgIpc) is 1.46. The van der Waals surface area contributed by atoms with Crippen LogP contribution in [-0.4, -0.2) is 178 Å². The number of hydrogen-bond acceptors (Lipinski definition) is 24. The number of halogens is 7. The van der Waals surface area contributed by atoms with Gasteiger partial charge in [0, 0.05) is 98.8 Å². The van der Waals surface area contributed by atoms with Gasteiger partial charge < -0.3 is 77.3 Å². The lowest BCUT2D eigenvalue weighted by atomic mass is 9.74.